The fraction of sp³-hybridized carbons (Fsp3) is 0.200. The van der Waals surface area contributed by atoms with Crippen LogP contribution in [0, 0.1) is 0 Å². The zero-order valence-electron chi connectivity index (χ0n) is 14.1. The summed E-state index contributed by atoms with van der Waals surface area (Å²) in [4.78, 5) is 24.0. The molecule has 3 rings (SSSR count). The van der Waals surface area contributed by atoms with Crippen LogP contribution in [0.1, 0.15) is 24.5 Å². The van der Waals surface area contributed by atoms with E-state index in [1.165, 1.54) is 6.07 Å². The fourth-order valence-electron chi connectivity index (χ4n) is 2.76. The van der Waals surface area contributed by atoms with E-state index in [9.17, 15) is 9.59 Å². The molecule has 0 aliphatic rings. The molecule has 26 heavy (non-hydrogen) atoms. The lowest BCUT2D eigenvalue weighted by molar-refractivity contribution is -0.133. The standard InChI is InChI=1S/C20H16Cl2O4/c1-2-4-12-9-19(23)26-18-10-13(7-8-14(12)18)25-20(24)11-15-16(21)5-3-6-17(15)22/h3,5-10H,2,4,11H2,1H3. The molecule has 0 radical (unpaired) electrons. The van der Waals surface area contributed by atoms with Gasteiger partial charge in [-0.25, -0.2) is 4.79 Å². The zero-order chi connectivity index (χ0) is 18.7. The summed E-state index contributed by atoms with van der Waals surface area (Å²) in [5.41, 5.74) is 1.40. The average Bonchev–Trinajstić information content (AvgIpc) is 2.58. The number of aryl methyl sites for hydroxylation is 1. The molecule has 0 unspecified atom stereocenters. The molecule has 0 atom stereocenters. The first-order chi connectivity index (χ1) is 12.5. The van der Waals surface area contributed by atoms with E-state index in [1.807, 2.05) is 6.92 Å². The average molecular weight is 391 g/mol. The maximum absolute atomic E-state index is 12.2. The third-order valence-corrected chi connectivity index (χ3v) is 4.64. The first-order valence-corrected chi connectivity index (χ1v) is 8.94. The van der Waals surface area contributed by atoms with E-state index in [0.717, 1.165) is 23.8 Å². The monoisotopic (exact) mass is 390 g/mol. The van der Waals surface area contributed by atoms with E-state index in [1.54, 1.807) is 36.4 Å². The number of ether oxygens (including phenoxy) is 1. The van der Waals surface area contributed by atoms with Gasteiger partial charge in [-0.1, -0.05) is 42.6 Å². The van der Waals surface area contributed by atoms with Gasteiger partial charge in [0.2, 0.25) is 0 Å². The van der Waals surface area contributed by atoms with Crippen molar-refractivity contribution in [2.45, 2.75) is 26.2 Å². The largest absolute Gasteiger partial charge is 0.426 e. The van der Waals surface area contributed by atoms with Gasteiger partial charge in [0.15, 0.2) is 0 Å². The minimum Gasteiger partial charge on any atom is -0.426 e. The van der Waals surface area contributed by atoms with E-state index in [-0.39, 0.29) is 6.42 Å². The van der Waals surface area contributed by atoms with Crippen LogP contribution in [0.25, 0.3) is 11.0 Å². The number of esters is 1. The smallest absolute Gasteiger partial charge is 0.336 e. The summed E-state index contributed by atoms with van der Waals surface area (Å²) in [5.74, 6) is -0.214. The molecule has 0 amide bonds. The number of carbonyl (C=O) groups is 1. The summed E-state index contributed by atoms with van der Waals surface area (Å²) in [6.45, 7) is 2.04. The molecule has 0 spiro atoms. The minimum atomic E-state index is -0.508. The maximum atomic E-state index is 12.2. The Bertz CT molecular complexity index is 1000. The van der Waals surface area contributed by atoms with Crippen LogP contribution in [-0.4, -0.2) is 5.97 Å². The van der Waals surface area contributed by atoms with Crippen LogP contribution in [0.3, 0.4) is 0 Å². The first kappa shape index (κ1) is 18.5. The Kier molecular flexibility index (Phi) is 5.64. The highest BCUT2D eigenvalue weighted by Crippen LogP contribution is 2.27. The van der Waals surface area contributed by atoms with Crippen LogP contribution < -0.4 is 10.4 Å². The van der Waals surface area contributed by atoms with Crippen LogP contribution in [0.4, 0.5) is 0 Å². The van der Waals surface area contributed by atoms with E-state index < -0.39 is 11.6 Å². The molecule has 0 saturated heterocycles. The van der Waals surface area contributed by atoms with Crippen molar-refractivity contribution in [1.82, 2.24) is 0 Å². The molecule has 0 aliphatic carbocycles. The Morgan fingerprint density at radius 3 is 2.54 bits per heavy atom. The second kappa shape index (κ2) is 7.94. The Hall–Kier alpha value is -2.30. The highest BCUT2D eigenvalue weighted by molar-refractivity contribution is 6.36. The number of rotatable bonds is 5. The van der Waals surface area contributed by atoms with Gasteiger partial charge < -0.3 is 9.15 Å². The maximum Gasteiger partial charge on any atom is 0.336 e. The molecule has 4 nitrogen and oxygen atoms in total. The van der Waals surface area contributed by atoms with Crippen LogP contribution in [0.5, 0.6) is 5.75 Å². The van der Waals surface area contributed by atoms with E-state index >= 15 is 0 Å². The Balaban J connectivity index is 1.85. The van der Waals surface area contributed by atoms with Gasteiger partial charge in [-0.15, -0.1) is 0 Å². The van der Waals surface area contributed by atoms with Gasteiger partial charge in [0, 0.05) is 33.1 Å². The van der Waals surface area contributed by atoms with E-state index in [4.69, 9.17) is 32.4 Å². The third-order valence-electron chi connectivity index (χ3n) is 3.94. The van der Waals surface area contributed by atoms with Gasteiger partial charge in [-0.05, 0) is 36.2 Å². The summed E-state index contributed by atoms with van der Waals surface area (Å²) in [5, 5.41) is 1.65. The second-order valence-electron chi connectivity index (χ2n) is 5.85. The third kappa shape index (κ3) is 4.09. The van der Waals surface area contributed by atoms with Crippen LogP contribution in [0.15, 0.2) is 51.7 Å². The molecule has 0 bridgehead atoms. The molecular formula is C20H16Cl2O4. The number of carbonyl (C=O) groups excluding carboxylic acids is 1. The summed E-state index contributed by atoms with van der Waals surface area (Å²) < 4.78 is 10.6. The van der Waals surface area contributed by atoms with Gasteiger partial charge in [0.25, 0.3) is 0 Å². The van der Waals surface area contributed by atoms with E-state index in [0.29, 0.717) is 26.9 Å². The number of hydrogen-bond acceptors (Lipinski definition) is 4. The number of halogens is 2. The van der Waals surface area contributed by atoms with Crippen LogP contribution >= 0.6 is 23.2 Å². The highest BCUT2D eigenvalue weighted by atomic mass is 35.5. The van der Waals surface area contributed by atoms with Crippen LogP contribution in [0.2, 0.25) is 10.0 Å². The molecule has 1 heterocycles. The van der Waals surface area contributed by atoms with Crippen molar-refractivity contribution < 1.29 is 13.9 Å². The van der Waals surface area contributed by atoms with E-state index in [2.05, 4.69) is 0 Å². The van der Waals surface area contributed by atoms with Crippen molar-refractivity contribution in [2.24, 2.45) is 0 Å². The summed E-state index contributed by atoms with van der Waals surface area (Å²) in [6.07, 6.45) is 1.62. The molecule has 134 valence electrons. The quantitative estimate of drug-likeness (QED) is 0.341. The van der Waals surface area contributed by atoms with Crippen molar-refractivity contribution in [1.29, 1.82) is 0 Å². The molecule has 0 saturated carbocycles. The summed E-state index contributed by atoms with van der Waals surface area (Å²) in [7, 11) is 0. The predicted octanol–water partition coefficient (Wildman–Crippen LogP) is 5.20. The summed E-state index contributed by atoms with van der Waals surface area (Å²) >= 11 is 12.2. The zero-order valence-corrected chi connectivity index (χ0v) is 15.6. The van der Waals surface area contributed by atoms with Gasteiger partial charge >= 0.3 is 11.6 Å². The SMILES string of the molecule is CCCc1cc(=O)oc2cc(OC(=O)Cc3c(Cl)cccc3Cl)ccc12. The molecule has 6 heteroatoms. The van der Waals surface area contributed by atoms with Crippen molar-refractivity contribution in [2.75, 3.05) is 0 Å². The van der Waals surface area contributed by atoms with Gasteiger partial charge in [0.05, 0.1) is 6.42 Å². The molecule has 1 aromatic heterocycles. The molecular weight excluding hydrogens is 375 g/mol. The molecule has 0 fully saturated rings. The number of fused-ring (bicyclic) bond motifs is 1. The lowest BCUT2D eigenvalue weighted by atomic mass is 10.1. The Labute approximate surface area is 160 Å². The molecule has 3 aromatic rings. The topological polar surface area (TPSA) is 56.5 Å². The minimum absolute atomic E-state index is 0.0592. The summed E-state index contributed by atoms with van der Waals surface area (Å²) in [6, 6.07) is 11.5. The fourth-order valence-corrected chi connectivity index (χ4v) is 3.29. The van der Waals surface area contributed by atoms with Crippen molar-refractivity contribution in [3.63, 3.8) is 0 Å². The number of benzene rings is 2. The predicted molar refractivity (Wildman–Crippen MR) is 102 cm³/mol. The molecule has 0 aliphatic heterocycles. The molecule has 2 aromatic carbocycles. The van der Waals surface area contributed by atoms with Crippen LogP contribution in [-0.2, 0) is 17.6 Å². The number of hydrogen-bond donors (Lipinski definition) is 0. The highest BCUT2D eigenvalue weighted by Gasteiger charge is 2.14. The molecule has 0 N–H and O–H groups in total. The van der Waals surface area contributed by atoms with Gasteiger partial charge in [-0.3, -0.25) is 4.79 Å². The Morgan fingerprint density at radius 2 is 1.85 bits per heavy atom. The lowest BCUT2D eigenvalue weighted by Gasteiger charge is -2.09. The lowest BCUT2D eigenvalue weighted by Crippen LogP contribution is -2.12. The first-order valence-electron chi connectivity index (χ1n) is 8.18. The Morgan fingerprint density at radius 1 is 1.12 bits per heavy atom. The van der Waals surface area contributed by atoms with Crippen molar-refractivity contribution in [3.05, 3.63) is 74.1 Å². The van der Waals surface area contributed by atoms with Gasteiger partial charge in [0.1, 0.15) is 11.3 Å². The van der Waals surface area contributed by atoms with Crippen molar-refractivity contribution >= 4 is 40.1 Å². The normalized spacial score (nSPS) is 10.9. The van der Waals surface area contributed by atoms with Crippen molar-refractivity contribution in [3.8, 4) is 5.75 Å². The van der Waals surface area contributed by atoms with Gasteiger partial charge in [-0.2, -0.15) is 0 Å². The second-order valence-corrected chi connectivity index (χ2v) is 6.66.